The van der Waals surface area contributed by atoms with Gasteiger partial charge in [-0.1, -0.05) is 54.9 Å². The van der Waals surface area contributed by atoms with Gasteiger partial charge in [0.2, 0.25) is 11.8 Å². The van der Waals surface area contributed by atoms with Crippen LogP contribution in [0.25, 0.3) is 10.9 Å². The number of aryl methyl sites for hydroxylation is 1. The first-order valence-electron chi connectivity index (χ1n) is 12.5. The smallest absolute Gasteiger partial charge is 0.331 e. The summed E-state index contributed by atoms with van der Waals surface area (Å²) in [5.41, 5.74) is 2.02. The van der Waals surface area contributed by atoms with Gasteiger partial charge in [-0.25, -0.2) is 4.79 Å². The number of carbonyl (C=O) groups excluding carboxylic acids is 2. The molecule has 0 unspecified atom stereocenters. The molecule has 2 N–H and O–H groups in total. The first-order valence-corrected chi connectivity index (χ1v) is 12.9. The summed E-state index contributed by atoms with van der Waals surface area (Å²) in [4.78, 5) is 51.7. The molecule has 0 atom stereocenters. The average Bonchev–Trinajstić information content (AvgIpc) is 2.92. The van der Waals surface area contributed by atoms with Gasteiger partial charge in [0, 0.05) is 30.2 Å². The van der Waals surface area contributed by atoms with E-state index in [1.807, 2.05) is 43.3 Å². The van der Waals surface area contributed by atoms with Crippen LogP contribution in [0.3, 0.4) is 0 Å². The Kier molecular flexibility index (Phi) is 8.76. The van der Waals surface area contributed by atoms with Crippen LogP contribution in [-0.4, -0.2) is 27.5 Å². The predicted octanol–water partition coefficient (Wildman–Crippen LogP) is 3.77. The Bertz CT molecular complexity index is 1560. The van der Waals surface area contributed by atoms with E-state index in [0.717, 1.165) is 22.1 Å². The molecule has 4 aromatic rings. The van der Waals surface area contributed by atoms with Gasteiger partial charge >= 0.3 is 5.69 Å². The highest BCUT2D eigenvalue weighted by molar-refractivity contribution is 6.30. The minimum absolute atomic E-state index is 0.0515. The van der Waals surface area contributed by atoms with Crippen LogP contribution in [0.4, 0.5) is 5.69 Å². The molecule has 196 valence electrons. The van der Waals surface area contributed by atoms with Crippen molar-refractivity contribution in [2.45, 2.75) is 39.3 Å². The van der Waals surface area contributed by atoms with Crippen LogP contribution in [0.1, 0.15) is 24.5 Å². The molecule has 8 nitrogen and oxygen atoms in total. The quantitative estimate of drug-likeness (QED) is 0.324. The second kappa shape index (κ2) is 12.4. The van der Waals surface area contributed by atoms with Crippen molar-refractivity contribution in [3.05, 3.63) is 110 Å². The molecule has 0 bridgehead atoms. The largest absolute Gasteiger partial charge is 0.356 e. The van der Waals surface area contributed by atoms with Crippen LogP contribution in [0, 0.1) is 0 Å². The van der Waals surface area contributed by atoms with Crippen molar-refractivity contribution >= 4 is 40.0 Å². The summed E-state index contributed by atoms with van der Waals surface area (Å²) in [7, 11) is 0. The van der Waals surface area contributed by atoms with Crippen LogP contribution in [0.5, 0.6) is 0 Å². The third-order valence-corrected chi connectivity index (χ3v) is 6.54. The van der Waals surface area contributed by atoms with E-state index in [2.05, 4.69) is 10.6 Å². The monoisotopic (exact) mass is 532 g/mol. The molecule has 9 heteroatoms. The van der Waals surface area contributed by atoms with Crippen molar-refractivity contribution in [1.82, 2.24) is 14.5 Å². The summed E-state index contributed by atoms with van der Waals surface area (Å²) in [6.07, 6.45) is 1.46. The van der Waals surface area contributed by atoms with Crippen LogP contribution in [0.15, 0.2) is 82.4 Å². The van der Waals surface area contributed by atoms with Crippen molar-refractivity contribution in [3.63, 3.8) is 0 Å². The number of benzene rings is 3. The number of amides is 2. The zero-order chi connectivity index (χ0) is 27.1. The number of aromatic nitrogens is 2. The first kappa shape index (κ1) is 26.9. The maximum Gasteiger partial charge on any atom is 0.331 e. The second-order valence-corrected chi connectivity index (χ2v) is 9.35. The lowest BCUT2D eigenvalue weighted by Crippen LogP contribution is -2.42. The fraction of sp³-hybridized carbons (Fsp3) is 0.241. The molecule has 0 saturated heterocycles. The number of nitrogens with one attached hydrogen (secondary N) is 2. The van der Waals surface area contributed by atoms with Crippen molar-refractivity contribution in [3.8, 4) is 0 Å². The van der Waals surface area contributed by atoms with Gasteiger partial charge in [0.05, 0.1) is 10.9 Å². The lowest BCUT2D eigenvalue weighted by molar-refractivity contribution is -0.121. The topological polar surface area (TPSA) is 102 Å². The Morgan fingerprint density at radius 1 is 0.842 bits per heavy atom. The van der Waals surface area contributed by atoms with Gasteiger partial charge in [0.25, 0.3) is 5.56 Å². The number of hydrogen-bond acceptors (Lipinski definition) is 4. The zero-order valence-electron chi connectivity index (χ0n) is 21.1. The number of nitrogens with zero attached hydrogens (tertiary/aromatic N) is 2. The Labute approximate surface area is 224 Å². The fourth-order valence-electron chi connectivity index (χ4n) is 4.19. The van der Waals surface area contributed by atoms with Gasteiger partial charge in [-0.2, -0.15) is 0 Å². The highest BCUT2D eigenvalue weighted by atomic mass is 35.5. The van der Waals surface area contributed by atoms with E-state index in [1.54, 1.807) is 36.4 Å². The zero-order valence-corrected chi connectivity index (χ0v) is 21.8. The van der Waals surface area contributed by atoms with Crippen molar-refractivity contribution in [2.24, 2.45) is 0 Å². The fourth-order valence-corrected chi connectivity index (χ4v) is 4.31. The number of hydrogen-bond donors (Lipinski definition) is 2. The molecule has 0 radical (unpaired) electrons. The summed E-state index contributed by atoms with van der Waals surface area (Å²) in [5.74, 6) is -0.676. The minimum atomic E-state index is -0.640. The number of anilines is 1. The number of fused-ring (bicyclic) bond motifs is 1. The summed E-state index contributed by atoms with van der Waals surface area (Å²) >= 11 is 5.90. The predicted molar refractivity (Wildman–Crippen MR) is 150 cm³/mol. The third-order valence-electron chi connectivity index (χ3n) is 6.29. The molecular weight excluding hydrogens is 504 g/mol. The molecule has 0 aliphatic heterocycles. The standard InChI is InChI=1S/C29H29ClN4O4/c1-2-20-9-13-23(14-10-20)32-27(36)19-34-25-6-4-3-5-24(25)28(37)33(29(34)38)18-16-26(35)31-17-15-21-7-11-22(30)12-8-21/h3-14H,2,15-19H2,1H3,(H,31,35)(H,32,36). The molecule has 0 fully saturated rings. The Morgan fingerprint density at radius 3 is 2.24 bits per heavy atom. The molecule has 4 rings (SSSR count). The van der Waals surface area contributed by atoms with Crippen LogP contribution in [-0.2, 0) is 35.5 Å². The normalized spacial score (nSPS) is 10.9. The molecule has 0 aliphatic rings. The van der Waals surface area contributed by atoms with Crippen LogP contribution in [0.2, 0.25) is 5.02 Å². The Balaban J connectivity index is 1.47. The number of carbonyl (C=O) groups is 2. The highest BCUT2D eigenvalue weighted by Gasteiger charge is 2.16. The first-order chi connectivity index (χ1) is 18.4. The van der Waals surface area contributed by atoms with Gasteiger partial charge in [-0.15, -0.1) is 0 Å². The number of rotatable bonds is 10. The van der Waals surface area contributed by atoms with E-state index < -0.39 is 17.2 Å². The van der Waals surface area contributed by atoms with Gasteiger partial charge in [-0.3, -0.25) is 23.5 Å². The Hall–Kier alpha value is -4.17. The van der Waals surface area contributed by atoms with Crippen molar-refractivity contribution < 1.29 is 9.59 Å². The van der Waals surface area contributed by atoms with E-state index >= 15 is 0 Å². The summed E-state index contributed by atoms with van der Waals surface area (Å²) in [6, 6.07) is 21.5. The molecule has 0 aliphatic carbocycles. The summed E-state index contributed by atoms with van der Waals surface area (Å²) < 4.78 is 2.29. The number of para-hydroxylation sites is 1. The van der Waals surface area contributed by atoms with Gasteiger partial charge in [-0.05, 0) is 60.4 Å². The average molecular weight is 533 g/mol. The van der Waals surface area contributed by atoms with Crippen LogP contribution >= 0.6 is 11.6 Å². The van der Waals surface area contributed by atoms with E-state index in [-0.39, 0.29) is 25.4 Å². The minimum Gasteiger partial charge on any atom is -0.356 e. The van der Waals surface area contributed by atoms with Gasteiger partial charge in [0.1, 0.15) is 6.54 Å². The van der Waals surface area contributed by atoms with Gasteiger partial charge in [0.15, 0.2) is 0 Å². The summed E-state index contributed by atoms with van der Waals surface area (Å²) in [5, 5.41) is 6.56. The molecule has 0 spiro atoms. The molecule has 1 aromatic heterocycles. The molecule has 3 aromatic carbocycles. The molecule has 1 heterocycles. The third kappa shape index (κ3) is 6.58. The van der Waals surface area contributed by atoms with E-state index in [1.165, 1.54) is 4.57 Å². The lowest BCUT2D eigenvalue weighted by Gasteiger charge is -2.14. The maximum absolute atomic E-state index is 13.3. The van der Waals surface area contributed by atoms with Gasteiger partial charge < -0.3 is 10.6 Å². The molecular formula is C29H29ClN4O4. The molecule has 38 heavy (non-hydrogen) atoms. The van der Waals surface area contributed by atoms with Crippen molar-refractivity contribution in [1.29, 1.82) is 0 Å². The van der Waals surface area contributed by atoms with E-state index in [0.29, 0.717) is 34.6 Å². The second-order valence-electron chi connectivity index (χ2n) is 8.92. The van der Waals surface area contributed by atoms with Crippen molar-refractivity contribution in [2.75, 3.05) is 11.9 Å². The lowest BCUT2D eigenvalue weighted by atomic mass is 10.1. The van der Waals surface area contributed by atoms with E-state index in [4.69, 9.17) is 11.6 Å². The summed E-state index contributed by atoms with van der Waals surface area (Å²) in [6.45, 7) is 2.08. The van der Waals surface area contributed by atoms with E-state index in [9.17, 15) is 19.2 Å². The van der Waals surface area contributed by atoms with Crippen LogP contribution < -0.4 is 21.9 Å². The molecule has 2 amide bonds. The SMILES string of the molecule is CCc1ccc(NC(=O)Cn2c(=O)n(CCC(=O)NCCc3ccc(Cl)cc3)c(=O)c3ccccc32)cc1. The highest BCUT2D eigenvalue weighted by Crippen LogP contribution is 2.12. The molecule has 0 saturated carbocycles. The number of halogens is 1. The maximum atomic E-state index is 13.3. The Morgan fingerprint density at radius 2 is 1.53 bits per heavy atom.